The van der Waals surface area contributed by atoms with Gasteiger partial charge in [0, 0.05) is 24.3 Å². The molecule has 0 aliphatic rings. The fourth-order valence-corrected chi connectivity index (χ4v) is 1.84. The Morgan fingerprint density at radius 3 is 1.79 bits per heavy atom. The van der Waals surface area contributed by atoms with E-state index < -0.39 is 15.6 Å². The van der Waals surface area contributed by atoms with Gasteiger partial charge in [-0.25, -0.2) is 0 Å². The molecule has 10 heteroatoms. The van der Waals surface area contributed by atoms with E-state index in [1.807, 2.05) is 60.7 Å². The predicted octanol–water partition coefficient (Wildman–Crippen LogP) is 3.99. The zero-order chi connectivity index (χ0) is 21.9. The molecular weight excluding hydrogens is 411 g/mol. The normalized spacial score (nSPS) is 11.3. The van der Waals surface area contributed by atoms with Crippen LogP contribution in [0.4, 0.5) is 13.2 Å². The van der Waals surface area contributed by atoms with Gasteiger partial charge in [0.1, 0.15) is 6.61 Å². The largest absolute Gasteiger partial charge is 0.522 e. The molecule has 0 atom stereocenters. The minimum Gasteiger partial charge on any atom is -0.462 e. The van der Waals surface area contributed by atoms with E-state index in [-0.39, 0.29) is 12.6 Å². The van der Waals surface area contributed by atoms with E-state index in [2.05, 4.69) is 4.99 Å². The molecule has 0 saturated heterocycles. The minimum atomic E-state index is -5.84. The summed E-state index contributed by atoms with van der Waals surface area (Å²) in [5.41, 5.74) is -2.57. The van der Waals surface area contributed by atoms with Gasteiger partial charge in [-0.15, -0.1) is 0 Å². The van der Waals surface area contributed by atoms with Gasteiger partial charge in [0.05, 0.1) is 5.71 Å². The van der Waals surface area contributed by atoms with Crippen LogP contribution < -0.4 is 0 Å². The first-order valence-electron chi connectivity index (χ1n) is 8.03. The Labute approximate surface area is 166 Å². The number of hydrogen-bond donors (Lipinski definition) is 1. The highest BCUT2D eigenvalue weighted by molar-refractivity contribution is 7.86. The lowest BCUT2D eigenvalue weighted by Crippen LogP contribution is -2.21. The Kier molecular flexibility index (Phi) is 9.23. The Morgan fingerprint density at radius 1 is 1.03 bits per heavy atom. The molecule has 0 fully saturated rings. The quantitative estimate of drug-likeness (QED) is 0.336. The number of nitrogens with zero attached hydrogens (tertiary/aromatic N) is 1. The third-order valence-corrected chi connectivity index (χ3v) is 3.66. The third-order valence-electron chi connectivity index (χ3n) is 3.08. The molecule has 2 aromatic carbocycles. The van der Waals surface area contributed by atoms with Gasteiger partial charge in [-0.05, 0) is 6.08 Å². The SMILES string of the molecule is CC(=O)OCC=CN=C(c1ccccc1)c1ccccc1.O=S(=O)(O)C(F)(F)F. The highest BCUT2D eigenvalue weighted by Gasteiger charge is 2.44. The van der Waals surface area contributed by atoms with Crippen LogP contribution in [0.15, 0.2) is 77.9 Å². The second-order valence-electron chi connectivity index (χ2n) is 5.32. The zero-order valence-electron chi connectivity index (χ0n) is 15.2. The van der Waals surface area contributed by atoms with Crippen molar-refractivity contribution < 1.29 is 35.7 Å². The Balaban J connectivity index is 0.000000447. The number of alkyl halides is 3. The molecular formula is C19H18F3NO5S. The monoisotopic (exact) mass is 429 g/mol. The van der Waals surface area contributed by atoms with Crippen molar-refractivity contribution in [3.63, 3.8) is 0 Å². The van der Waals surface area contributed by atoms with Crippen LogP contribution >= 0.6 is 0 Å². The van der Waals surface area contributed by atoms with Crippen LogP contribution in [0.3, 0.4) is 0 Å². The summed E-state index contributed by atoms with van der Waals surface area (Å²) in [5.74, 6) is -0.296. The van der Waals surface area contributed by atoms with Gasteiger partial charge < -0.3 is 4.74 Å². The summed E-state index contributed by atoms with van der Waals surface area (Å²) in [6.45, 7) is 1.62. The topological polar surface area (TPSA) is 93.0 Å². The summed E-state index contributed by atoms with van der Waals surface area (Å²) in [4.78, 5) is 15.2. The smallest absolute Gasteiger partial charge is 0.462 e. The Morgan fingerprint density at radius 2 is 1.45 bits per heavy atom. The van der Waals surface area contributed by atoms with Gasteiger partial charge in [0.2, 0.25) is 0 Å². The molecule has 0 heterocycles. The van der Waals surface area contributed by atoms with Crippen molar-refractivity contribution in [1.29, 1.82) is 0 Å². The third kappa shape index (κ3) is 9.17. The fraction of sp³-hybridized carbons (Fsp3) is 0.158. The highest BCUT2D eigenvalue weighted by atomic mass is 32.2. The molecule has 0 unspecified atom stereocenters. The molecule has 29 heavy (non-hydrogen) atoms. The van der Waals surface area contributed by atoms with Crippen LogP contribution in [0, 0.1) is 0 Å². The summed E-state index contributed by atoms with van der Waals surface area (Å²) < 4.78 is 62.4. The first-order chi connectivity index (χ1) is 13.5. The van der Waals surface area contributed by atoms with Gasteiger partial charge in [0.15, 0.2) is 0 Å². The van der Waals surface area contributed by atoms with Crippen molar-refractivity contribution in [3.05, 3.63) is 84.1 Å². The minimum absolute atomic E-state index is 0.232. The molecule has 0 aliphatic carbocycles. The van der Waals surface area contributed by atoms with Crippen LogP contribution in [0.2, 0.25) is 0 Å². The molecule has 0 spiro atoms. The molecule has 0 aliphatic heterocycles. The van der Waals surface area contributed by atoms with Crippen molar-refractivity contribution in [3.8, 4) is 0 Å². The van der Waals surface area contributed by atoms with E-state index in [4.69, 9.17) is 17.7 Å². The molecule has 156 valence electrons. The average Bonchev–Trinajstić information content (AvgIpc) is 2.65. The summed E-state index contributed by atoms with van der Waals surface area (Å²) in [6, 6.07) is 20.0. The number of carbonyl (C=O) groups is 1. The number of ether oxygens (including phenoxy) is 1. The second kappa shape index (κ2) is 11.1. The number of esters is 1. The average molecular weight is 429 g/mol. The molecule has 0 aromatic heterocycles. The van der Waals surface area contributed by atoms with E-state index in [1.165, 1.54) is 6.92 Å². The summed E-state index contributed by atoms with van der Waals surface area (Å²) in [6.07, 6.45) is 3.38. The van der Waals surface area contributed by atoms with Crippen LogP contribution in [0.5, 0.6) is 0 Å². The van der Waals surface area contributed by atoms with Gasteiger partial charge >= 0.3 is 21.6 Å². The Bertz CT molecular complexity index is 899. The summed E-state index contributed by atoms with van der Waals surface area (Å²) in [5, 5.41) is 0. The van der Waals surface area contributed by atoms with Crippen LogP contribution in [0.1, 0.15) is 18.1 Å². The van der Waals surface area contributed by atoms with Gasteiger partial charge in [0.25, 0.3) is 0 Å². The fourth-order valence-electron chi connectivity index (χ4n) is 1.84. The van der Waals surface area contributed by atoms with Crippen molar-refractivity contribution in [2.24, 2.45) is 4.99 Å². The molecule has 0 bridgehead atoms. The van der Waals surface area contributed by atoms with Crippen molar-refractivity contribution >= 4 is 21.8 Å². The van der Waals surface area contributed by atoms with Gasteiger partial charge in [-0.3, -0.25) is 14.3 Å². The maximum Gasteiger partial charge on any atom is 0.522 e. The summed E-state index contributed by atoms with van der Waals surface area (Å²) in [7, 11) is -5.84. The molecule has 0 amide bonds. The maximum absolute atomic E-state index is 10.7. The van der Waals surface area contributed by atoms with Crippen LogP contribution in [0.25, 0.3) is 0 Å². The standard InChI is InChI=1S/C18H17NO2.CHF3O3S/c1-15(20)21-14-8-13-19-18(16-9-4-2-5-10-16)17-11-6-3-7-12-17;2-1(3,4)8(5,6)7/h2-13H,14H2,1H3;(H,5,6,7). The number of rotatable bonds is 5. The summed E-state index contributed by atoms with van der Waals surface area (Å²) >= 11 is 0. The van der Waals surface area contributed by atoms with Crippen LogP contribution in [-0.4, -0.2) is 36.8 Å². The predicted molar refractivity (Wildman–Crippen MR) is 102 cm³/mol. The van der Waals surface area contributed by atoms with E-state index in [0.717, 1.165) is 16.8 Å². The lowest BCUT2D eigenvalue weighted by molar-refractivity contribution is -0.139. The number of halogens is 3. The highest BCUT2D eigenvalue weighted by Crippen LogP contribution is 2.20. The molecule has 0 radical (unpaired) electrons. The van der Waals surface area contributed by atoms with Crippen molar-refractivity contribution in [1.82, 2.24) is 0 Å². The second-order valence-corrected chi connectivity index (χ2v) is 6.73. The molecule has 2 aromatic rings. The molecule has 0 saturated carbocycles. The van der Waals surface area contributed by atoms with Gasteiger partial charge in [-0.2, -0.15) is 21.6 Å². The maximum atomic E-state index is 10.7. The number of hydrogen-bond acceptors (Lipinski definition) is 5. The lowest BCUT2D eigenvalue weighted by atomic mass is 10.0. The first kappa shape index (κ1) is 24.1. The molecule has 6 nitrogen and oxygen atoms in total. The number of carbonyl (C=O) groups excluding carboxylic acids is 1. The molecule has 1 N–H and O–H groups in total. The van der Waals surface area contributed by atoms with E-state index in [0.29, 0.717) is 0 Å². The zero-order valence-corrected chi connectivity index (χ0v) is 16.0. The number of benzene rings is 2. The Hall–Kier alpha value is -2.98. The van der Waals surface area contributed by atoms with Crippen LogP contribution in [-0.2, 0) is 19.6 Å². The lowest BCUT2D eigenvalue weighted by Gasteiger charge is -2.05. The number of aliphatic imine (C=N–C) groups is 1. The first-order valence-corrected chi connectivity index (χ1v) is 9.47. The van der Waals surface area contributed by atoms with E-state index >= 15 is 0 Å². The van der Waals surface area contributed by atoms with Crippen molar-refractivity contribution in [2.75, 3.05) is 6.61 Å². The molecule has 2 rings (SSSR count). The van der Waals surface area contributed by atoms with E-state index in [1.54, 1.807) is 12.3 Å². The van der Waals surface area contributed by atoms with Gasteiger partial charge in [-0.1, -0.05) is 60.7 Å². The van der Waals surface area contributed by atoms with E-state index in [9.17, 15) is 18.0 Å². The van der Waals surface area contributed by atoms with Crippen molar-refractivity contribution in [2.45, 2.75) is 12.4 Å².